The molecule has 0 unspecified atom stereocenters. The van der Waals surface area contributed by atoms with E-state index in [4.69, 9.17) is 14.0 Å². The zero-order valence-corrected chi connectivity index (χ0v) is 19.7. The molecule has 0 atom stereocenters. The minimum absolute atomic E-state index is 0.0631. The van der Waals surface area contributed by atoms with E-state index >= 15 is 0 Å². The first-order valence-electron chi connectivity index (χ1n) is 14.4. The van der Waals surface area contributed by atoms with Crippen molar-refractivity contribution in [1.29, 1.82) is 0 Å². The molecule has 0 aliphatic heterocycles. The Morgan fingerprint density at radius 2 is 1.38 bits per heavy atom. The molecule has 0 bridgehead atoms. The SMILES string of the molecule is [2H]C([2H])([2H])[Si](c1ccnc(-c2cccc3c2oc2c(-c4ccccc4)cccc23)c1)(C([2H])([2H])C(F)(F)F)C([2H])([2H])C(F)(F)F. The summed E-state index contributed by atoms with van der Waals surface area (Å²) in [6.45, 7) is -4.38. The number of halogens is 6. The van der Waals surface area contributed by atoms with E-state index in [-0.39, 0.29) is 16.8 Å². The number of hydrogen-bond acceptors (Lipinski definition) is 2. The summed E-state index contributed by atoms with van der Waals surface area (Å²) in [6, 6.07) is 20.2. The maximum absolute atomic E-state index is 14.2. The van der Waals surface area contributed by atoms with Gasteiger partial charge in [-0.2, -0.15) is 26.3 Å². The standard InChI is InChI=1S/C28H21F6NOSi/c1-37(16-27(29,30)31,17-28(32,33)34)19-13-14-35-24(15-19)23-12-6-11-22-21-10-5-9-20(25(21)36-26(22)23)18-7-3-2-4-8-18/h2-15H,16-17H2,1H3/i1D3,16D2,17D2. The summed E-state index contributed by atoms with van der Waals surface area (Å²) >= 11 is 0. The van der Waals surface area contributed by atoms with Crippen molar-refractivity contribution >= 4 is 35.2 Å². The van der Waals surface area contributed by atoms with Gasteiger partial charge >= 0.3 is 12.4 Å². The lowest BCUT2D eigenvalue weighted by molar-refractivity contribution is -0.118. The molecule has 0 radical (unpaired) electrons. The molecule has 0 saturated heterocycles. The predicted molar refractivity (Wildman–Crippen MR) is 135 cm³/mol. The molecular weight excluding hydrogens is 508 g/mol. The number of furan rings is 1. The summed E-state index contributed by atoms with van der Waals surface area (Å²) < 4.78 is 147. The monoisotopic (exact) mass is 536 g/mol. The maximum Gasteiger partial charge on any atom is 0.387 e. The van der Waals surface area contributed by atoms with Gasteiger partial charge in [0.1, 0.15) is 19.2 Å². The zero-order valence-electron chi connectivity index (χ0n) is 25.7. The van der Waals surface area contributed by atoms with E-state index in [0.717, 1.165) is 11.8 Å². The number of hydrogen-bond donors (Lipinski definition) is 0. The highest BCUT2D eigenvalue weighted by Gasteiger charge is 2.48. The Morgan fingerprint density at radius 3 is 1.97 bits per heavy atom. The lowest BCUT2D eigenvalue weighted by Crippen LogP contribution is -2.50. The van der Waals surface area contributed by atoms with E-state index in [1.54, 1.807) is 24.3 Å². The van der Waals surface area contributed by atoms with Crippen molar-refractivity contribution in [2.24, 2.45) is 0 Å². The third kappa shape index (κ3) is 5.13. The summed E-state index contributed by atoms with van der Waals surface area (Å²) in [6.07, 6.45) is -11.6. The normalized spacial score (nSPS) is 16.9. The molecule has 0 aliphatic rings. The summed E-state index contributed by atoms with van der Waals surface area (Å²) in [4.78, 5) is 4.07. The molecule has 0 saturated carbocycles. The number of fused-ring (bicyclic) bond motifs is 3. The molecule has 5 aromatic rings. The van der Waals surface area contributed by atoms with Gasteiger partial charge in [-0.1, -0.05) is 72.3 Å². The van der Waals surface area contributed by atoms with Crippen LogP contribution in [0.1, 0.15) is 9.60 Å². The second-order valence-electron chi connectivity index (χ2n) is 8.26. The molecule has 0 spiro atoms. The van der Waals surface area contributed by atoms with Crippen molar-refractivity contribution in [2.45, 2.75) is 30.8 Å². The quantitative estimate of drug-likeness (QED) is 0.166. The lowest BCUT2D eigenvalue weighted by atomic mass is 10.0. The van der Waals surface area contributed by atoms with E-state index < -0.39 is 44.1 Å². The highest BCUT2D eigenvalue weighted by atomic mass is 28.3. The molecule has 9 heteroatoms. The molecule has 2 heterocycles. The van der Waals surface area contributed by atoms with E-state index in [1.807, 2.05) is 30.3 Å². The average Bonchev–Trinajstić information content (AvgIpc) is 3.31. The Morgan fingerprint density at radius 1 is 0.784 bits per heavy atom. The van der Waals surface area contributed by atoms with Crippen LogP contribution in [0.25, 0.3) is 44.3 Å². The molecule has 0 fully saturated rings. The first-order valence-corrected chi connectivity index (χ1v) is 12.9. The van der Waals surface area contributed by atoms with Gasteiger partial charge in [0.15, 0.2) is 0 Å². The van der Waals surface area contributed by atoms with E-state index in [1.165, 1.54) is 12.1 Å². The number of nitrogens with zero attached hydrogens (tertiary/aromatic N) is 1. The molecule has 2 nitrogen and oxygen atoms in total. The second kappa shape index (κ2) is 9.06. The third-order valence-electron chi connectivity index (χ3n) is 5.74. The molecule has 3 aromatic carbocycles. The summed E-state index contributed by atoms with van der Waals surface area (Å²) in [7, 11) is -7.07. The van der Waals surface area contributed by atoms with Crippen LogP contribution in [0.2, 0.25) is 18.5 Å². The molecule has 0 N–H and O–H groups in total. The predicted octanol–water partition coefficient (Wildman–Crippen LogP) is 8.73. The van der Waals surface area contributed by atoms with Crippen LogP contribution in [0.5, 0.6) is 0 Å². The number of benzene rings is 3. The first-order chi connectivity index (χ1) is 20.3. The number of alkyl halides is 6. The maximum atomic E-state index is 14.2. The van der Waals surface area contributed by atoms with E-state index in [0.29, 0.717) is 34.1 Å². The second-order valence-corrected chi connectivity index (χ2v) is 10.8. The summed E-state index contributed by atoms with van der Waals surface area (Å²) in [5.74, 6) is -10.2. The van der Waals surface area contributed by atoms with Gasteiger partial charge < -0.3 is 4.42 Å². The fourth-order valence-corrected chi connectivity index (χ4v) is 6.16. The highest BCUT2D eigenvalue weighted by molar-refractivity contribution is 6.91. The van der Waals surface area contributed by atoms with E-state index in [2.05, 4.69) is 4.98 Å². The van der Waals surface area contributed by atoms with Crippen molar-refractivity contribution in [3.63, 3.8) is 0 Å². The molecular formula is C28H21F6NOSi. The van der Waals surface area contributed by atoms with Crippen LogP contribution in [0.3, 0.4) is 0 Å². The first kappa shape index (κ1) is 17.8. The molecule has 0 aliphatic carbocycles. The number of para-hydroxylation sites is 2. The van der Waals surface area contributed by atoms with Crippen LogP contribution in [-0.4, -0.2) is 25.4 Å². The minimum Gasteiger partial charge on any atom is -0.455 e. The molecule has 5 rings (SSSR count). The number of aromatic nitrogens is 1. The van der Waals surface area contributed by atoms with Gasteiger partial charge in [-0.05, 0) is 23.8 Å². The van der Waals surface area contributed by atoms with Crippen molar-refractivity contribution in [1.82, 2.24) is 4.98 Å². The van der Waals surface area contributed by atoms with Gasteiger partial charge in [-0.3, -0.25) is 4.98 Å². The topological polar surface area (TPSA) is 26.0 Å². The summed E-state index contributed by atoms with van der Waals surface area (Å²) in [5, 5.41) is -0.129. The van der Waals surface area contributed by atoms with Gasteiger partial charge in [0.05, 0.1) is 5.69 Å². The Balaban J connectivity index is 1.84. The van der Waals surface area contributed by atoms with Crippen molar-refractivity contribution in [2.75, 3.05) is 0 Å². The van der Waals surface area contributed by atoms with Gasteiger partial charge in [0, 0.05) is 49.7 Å². The Labute approximate surface area is 219 Å². The smallest absolute Gasteiger partial charge is 0.387 e. The largest absolute Gasteiger partial charge is 0.455 e. The van der Waals surface area contributed by atoms with Gasteiger partial charge in [0.2, 0.25) is 0 Å². The highest BCUT2D eigenvalue weighted by Crippen LogP contribution is 2.40. The summed E-state index contributed by atoms with van der Waals surface area (Å²) in [5.41, 5.74) is 1.78. The Kier molecular flexibility index (Phi) is 4.36. The van der Waals surface area contributed by atoms with Crippen LogP contribution >= 0.6 is 0 Å². The Bertz CT molecular complexity index is 1830. The third-order valence-corrected chi connectivity index (χ3v) is 8.23. The molecule has 190 valence electrons. The fourth-order valence-electron chi connectivity index (χ4n) is 4.28. The number of pyridine rings is 1. The lowest BCUT2D eigenvalue weighted by Gasteiger charge is -2.30. The van der Waals surface area contributed by atoms with Crippen LogP contribution in [0.4, 0.5) is 26.3 Å². The van der Waals surface area contributed by atoms with Crippen molar-refractivity contribution < 1.29 is 40.4 Å². The van der Waals surface area contributed by atoms with Crippen molar-refractivity contribution in [3.8, 4) is 22.4 Å². The van der Waals surface area contributed by atoms with E-state index in [9.17, 15) is 26.3 Å². The van der Waals surface area contributed by atoms with Crippen LogP contribution in [-0.2, 0) is 0 Å². The molecule has 37 heavy (non-hydrogen) atoms. The van der Waals surface area contributed by atoms with Crippen LogP contribution in [0.15, 0.2) is 89.5 Å². The van der Waals surface area contributed by atoms with Gasteiger partial charge in [0.25, 0.3) is 0 Å². The average molecular weight is 537 g/mol. The van der Waals surface area contributed by atoms with Gasteiger partial charge in [-0.15, -0.1) is 0 Å². The van der Waals surface area contributed by atoms with Crippen molar-refractivity contribution in [3.05, 3.63) is 85.1 Å². The number of rotatable bonds is 5. The fraction of sp³-hybridized carbons (Fsp3) is 0.179. The molecule has 2 aromatic heterocycles. The Hall–Kier alpha value is -3.59. The van der Waals surface area contributed by atoms with Crippen LogP contribution < -0.4 is 5.19 Å². The zero-order chi connectivity index (χ0) is 32.5. The molecule has 0 amide bonds. The van der Waals surface area contributed by atoms with Crippen LogP contribution in [0, 0.1) is 0 Å². The van der Waals surface area contributed by atoms with Gasteiger partial charge in [-0.25, -0.2) is 0 Å². The minimum atomic E-state index is -7.07.